The largest absolute Gasteiger partial charge is 0.368 e. The summed E-state index contributed by atoms with van der Waals surface area (Å²) >= 11 is 0. The maximum absolute atomic E-state index is 11.7. The van der Waals surface area contributed by atoms with Crippen molar-refractivity contribution in [2.24, 2.45) is 0 Å². The molecular formula is C11H17N3O2. The third kappa shape index (κ3) is 2.82. The van der Waals surface area contributed by atoms with Gasteiger partial charge >= 0.3 is 0 Å². The topological polar surface area (TPSA) is 56.2 Å². The highest BCUT2D eigenvalue weighted by molar-refractivity contribution is 5.81. The monoisotopic (exact) mass is 223 g/mol. The molecule has 1 aliphatic heterocycles. The van der Waals surface area contributed by atoms with Gasteiger partial charge in [0.1, 0.15) is 6.10 Å². The molecule has 2 rings (SSSR count). The summed E-state index contributed by atoms with van der Waals surface area (Å²) in [6.45, 7) is 3.42. The van der Waals surface area contributed by atoms with E-state index >= 15 is 0 Å². The van der Waals surface area contributed by atoms with E-state index in [9.17, 15) is 4.79 Å². The molecule has 0 spiro atoms. The number of carbonyl (C=O) groups is 1. The van der Waals surface area contributed by atoms with Gasteiger partial charge in [0.05, 0.1) is 6.33 Å². The zero-order valence-electron chi connectivity index (χ0n) is 9.43. The normalized spacial score (nSPS) is 21.9. The number of hydrogen-bond donors (Lipinski definition) is 1. The van der Waals surface area contributed by atoms with E-state index in [1.807, 2.05) is 17.7 Å². The van der Waals surface area contributed by atoms with E-state index in [-0.39, 0.29) is 18.1 Å². The highest BCUT2D eigenvalue weighted by atomic mass is 16.5. The van der Waals surface area contributed by atoms with Crippen LogP contribution in [0.4, 0.5) is 0 Å². The lowest BCUT2D eigenvalue weighted by Gasteiger charge is -2.17. The number of hydrogen-bond acceptors (Lipinski definition) is 3. The van der Waals surface area contributed by atoms with Crippen LogP contribution in [0.2, 0.25) is 0 Å². The van der Waals surface area contributed by atoms with Crippen LogP contribution in [0.3, 0.4) is 0 Å². The number of carbonyl (C=O) groups excluding carboxylic acids is 1. The van der Waals surface area contributed by atoms with Gasteiger partial charge in [-0.1, -0.05) is 0 Å². The van der Waals surface area contributed by atoms with E-state index in [1.54, 1.807) is 12.5 Å². The van der Waals surface area contributed by atoms with E-state index in [0.717, 1.165) is 19.4 Å². The van der Waals surface area contributed by atoms with E-state index in [4.69, 9.17) is 4.74 Å². The fraction of sp³-hybridized carbons (Fsp3) is 0.636. The number of nitrogens with zero attached hydrogens (tertiary/aromatic N) is 2. The number of nitrogens with one attached hydrogen (secondary N) is 1. The van der Waals surface area contributed by atoms with Crippen LogP contribution >= 0.6 is 0 Å². The van der Waals surface area contributed by atoms with E-state index in [1.165, 1.54) is 0 Å². The molecule has 1 aromatic rings. The van der Waals surface area contributed by atoms with Gasteiger partial charge in [0.2, 0.25) is 5.91 Å². The van der Waals surface area contributed by atoms with Gasteiger partial charge in [0.15, 0.2) is 0 Å². The molecule has 5 heteroatoms. The first-order valence-corrected chi connectivity index (χ1v) is 5.63. The molecule has 88 valence electrons. The Hall–Kier alpha value is -1.36. The Bertz CT molecular complexity index is 331. The summed E-state index contributed by atoms with van der Waals surface area (Å²) in [4.78, 5) is 15.7. The summed E-state index contributed by atoms with van der Waals surface area (Å²) in [7, 11) is 0. The van der Waals surface area contributed by atoms with Crippen LogP contribution < -0.4 is 5.32 Å². The molecule has 1 aromatic heterocycles. The molecule has 0 saturated carbocycles. The standard InChI is InChI=1S/C11H17N3O2/c1-9(7-14-5-4-12-8-14)13-11(15)10-3-2-6-16-10/h4-5,8-10H,2-3,6-7H2,1H3,(H,13,15)/t9-,10+/m1/s1. The molecule has 1 aliphatic rings. The number of imidazole rings is 1. The lowest BCUT2D eigenvalue weighted by Crippen LogP contribution is -2.41. The summed E-state index contributed by atoms with van der Waals surface area (Å²) in [6.07, 6.45) is 6.93. The predicted octanol–water partition coefficient (Wildman–Crippen LogP) is 0.567. The van der Waals surface area contributed by atoms with Crippen molar-refractivity contribution in [1.82, 2.24) is 14.9 Å². The average molecular weight is 223 g/mol. The molecule has 1 amide bonds. The molecule has 0 aliphatic carbocycles. The first kappa shape index (κ1) is 11.1. The van der Waals surface area contributed by atoms with Crippen molar-refractivity contribution in [3.8, 4) is 0 Å². The smallest absolute Gasteiger partial charge is 0.249 e. The van der Waals surface area contributed by atoms with Crippen molar-refractivity contribution in [3.63, 3.8) is 0 Å². The fourth-order valence-corrected chi connectivity index (χ4v) is 1.88. The summed E-state index contributed by atoms with van der Waals surface area (Å²) in [5.41, 5.74) is 0. The molecule has 2 heterocycles. The minimum absolute atomic E-state index is 0.00474. The van der Waals surface area contributed by atoms with Gasteiger partial charge in [-0.15, -0.1) is 0 Å². The molecule has 0 bridgehead atoms. The van der Waals surface area contributed by atoms with Crippen LogP contribution in [0.5, 0.6) is 0 Å². The number of amides is 1. The highest BCUT2D eigenvalue weighted by Gasteiger charge is 2.24. The molecule has 1 saturated heterocycles. The first-order valence-electron chi connectivity index (χ1n) is 5.63. The van der Waals surface area contributed by atoms with Crippen molar-refractivity contribution < 1.29 is 9.53 Å². The molecule has 1 N–H and O–H groups in total. The van der Waals surface area contributed by atoms with Crippen molar-refractivity contribution in [2.75, 3.05) is 6.61 Å². The number of rotatable bonds is 4. The predicted molar refractivity (Wildman–Crippen MR) is 58.8 cm³/mol. The van der Waals surface area contributed by atoms with E-state index < -0.39 is 0 Å². The lowest BCUT2D eigenvalue weighted by molar-refractivity contribution is -0.130. The van der Waals surface area contributed by atoms with Gasteiger partial charge in [-0.25, -0.2) is 4.98 Å². The van der Waals surface area contributed by atoms with Gasteiger partial charge in [-0.05, 0) is 19.8 Å². The molecular weight excluding hydrogens is 206 g/mol. The maximum atomic E-state index is 11.7. The van der Waals surface area contributed by atoms with E-state index in [0.29, 0.717) is 6.61 Å². The SMILES string of the molecule is C[C@H](Cn1ccnc1)NC(=O)[C@@H]1CCCO1. The van der Waals surface area contributed by atoms with Crippen molar-refractivity contribution in [2.45, 2.75) is 38.5 Å². The minimum atomic E-state index is -0.245. The van der Waals surface area contributed by atoms with E-state index in [2.05, 4.69) is 10.3 Å². The lowest BCUT2D eigenvalue weighted by atomic mass is 10.2. The second-order valence-electron chi connectivity index (χ2n) is 4.17. The Balaban J connectivity index is 1.78. The van der Waals surface area contributed by atoms with Crippen molar-refractivity contribution in [1.29, 1.82) is 0 Å². The molecule has 0 aromatic carbocycles. The Labute approximate surface area is 94.8 Å². The van der Waals surface area contributed by atoms with Crippen LogP contribution in [0, 0.1) is 0 Å². The van der Waals surface area contributed by atoms with Crippen LogP contribution in [-0.2, 0) is 16.1 Å². The highest BCUT2D eigenvalue weighted by Crippen LogP contribution is 2.11. The summed E-state index contributed by atoms with van der Waals surface area (Å²) < 4.78 is 7.26. The fourth-order valence-electron chi connectivity index (χ4n) is 1.88. The summed E-state index contributed by atoms with van der Waals surface area (Å²) in [5.74, 6) is 0.00474. The van der Waals surface area contributed by atoms with Gasteiger partial charge in [-0.2, -0.15) is 0 Å². The molecule has 2 atom stereocenters. The number of aromatic nitrogens is 2. The van der Waals surface area contributed by atoms with Crippen molar-refractivity contribution in [3.05, 3.63) is 18.7 Å². The second-order valence-corrected chi connectivity index (χ2v) is 4.17. The maximum Gasteiger partial charge on any atom is 0.249 e. The van der Waals surface area contributed by atoms with Crippen LogP contribution in [0.1, 0.15) is 19.8 Å². The first-order chi connectivity index (χ1) is 7.75. The third-order valence-electron chi connectivity index (χ3n) is 2.65. The molecule has 16 heavy (non-hydrogen) atoms. The van der Waals surface area contributed by atoms with Crippen LogP contribution in [-0.4, -0.2) is 34.2 Å². The Morgan fingerprint density at radius 1 is 1.75 bits per heavy atom. The zero-order chi connectivity index (χ0) is 11.4. The Morgan fingerprint density at radius 3 is 3.25 bits per heavy atom. The van der Waals surface area contributed by atoms with Gasteiger partial charge < -0.3 is 14.6 Å². The van der Waals surface area contributed by atoms with Crippen LogP contribution in [0.15, 0.2) is 18.7 Å². The van der Waals surface area contributed by atoms with Gasteiger partial charge in [0, 0.05) is 31.6 Å². The molecule has 5 nitrogen and oxygen atoms in total. The minimum Gasteiger partial charge on any atom is -0.368 e. The third-order valence-corrected chi connectivity index (χ3v) is 2.65. The average Bonchev–Trinajstić information content (AvgIpc) is 2.88. The number of ether oxygens (including phenoxy) is 1. The quantitative estimate of drug-likeness (QED) is 0.811. The Morgan fingerprint density at radius 2 is 2.62 bits per heavy atom. The zero-order valence-corrected chi connectivity index (χ0v) is 9.43. The summed E-state index contributed by atoms with van der Waals surface area (Å²) in [6, 6.07) is 0.0888. The molecule has 0 unspecified atom stereocenters. The molecule has 0 radical (unpaired) electrons. The summed E-state index contributed by atoms with van der Waals surface area (Å²) in [5, 5.41) is 2.95. The second kappa shape index (κ2) is 5.12. The van der Waals surface area contributed by atoms with Gasteiger partial charge in [-0.3, -0.25) is 4.79 Å². The van der Waals surface area contributed by atoms with Gasteiger partial charge in [0.25, 0.3) is 0 Å². The van der Waals surface area contributed by atoms with Crippen LogP contribution in [0.25, 0.3) is 0 Å². The Kier molecular flexibility index (Phi) is 3.56. The molecule has 1 fully saturated rings. The van der Waals surface area contributed by atoms with Crippen molar-refractivity contribution >= 4 is 5.91 Å².